The van der Waals surface area contributed by atoms with E-state index in [-0.39, 0.29) is 6.61 Å². The number of aliphatic hydroxyl groups excluding tert-OH is 1. The molecule has 0 fully saturated rings. The predicted octanol–water partition coefficient (Wildman–Crippen LogP) is 8.84. The summed E-state index contributed by atoms with van der Waals surface area (Å²) in [5, 5.41) is 19.9. The fourth-order valence-electron chi connectivity index (χ4n) is 5.35. The van der Waals surface area contributed by atoms with E-state index in [1.54, 1.807) is 102 Å². The van der Waals surface area contributed by atoms with Gasteiger partial charge in [-0.15, -0.1) is 22.7 Å². The molecule has 0 saturated carbocycles. The van der Waals surface area contributed by atoms with Crippen molar-refractivity contribution in [2.75, 3.05) is 53.3 Å². The van der Waals surface area contributed by atoms with E-state index in [0.717, 1.165) is 47.3 Å². The van der Waals surface area contributed by atoms with E-state index in [2.05, 4.69) is 46.9 Å². The molecule has 274 valence electrons. The number of nitrogens with one attached hydrogen (secondary N) is 2. The topological polar surface area (TPSA) is 151 Å². The van der Waals surface area contributed by atoms with Crippen molar-refractivity contribution in [1.82, 2.24) is 19.9 Å². The number of rotatable bonds is 12. The minimum atomic E-state index is -0.00116. The standard InChI is InChI=1S/C22H21N3O4S.C15H14BrN3O3S/c1-27-17-8-15(9-18(28-2)21(17)29-3)24-22-23-10-19-20(25-22)16(12-30-19)14-6-4-5-13(7-14)11-26;1-20-10-4-8(5-11(21-2)14(10)22-3)18-15-17-6-12-13(19-15)9(16)7-23-12/h4-10,12,26H,11H2,1-3H3,(H,23,24,25);4-7H,1-3H3,(H,17,18,19). The SMILES string of the molecule is COc1cc(Nc2ncc3scc(-c4cccc(CO)c4)c3n2)cc(OC)c1OC.COc1cc(Nc2ncc3scc(Br)c3n2)cc(OC)c1OC. The fourth-order valence-corrected chi connectivity index (χ4v) is 7.66. The molecule has 0 radical (unpaired) electrons. The number of anilines is 4. The number of hydrogen-bond acceptors (Lipinski definition) is 15. The Labute approximate surface area is 321 Å². The third-order valence-electron chi connectivity index (χ3n) is 7.85. The molecule has 0 atom stereocenters. The zero-order chi connectivity index (χ0) is 37.5. The number of nitrogens with zero attached hydrogens (tertiary/aromatic N) is 4. The number of methoxy groups -OCH3 is 6. The van der Waals surface area contributed by atoms with Crippen molar-refractivity contribution >= 4 is 82.3 Å². The number of benzene rings is 3. The summed E-state index contributed by atoms with van der Waals surface area (Å²) in [6, 6.07) is 15.0. The van der Waals surface area contributed by atoms with Gasteiger partial charge in [-0.3, -0.25) is 0 Å². The quantitative estimate of drug-likeness (QED) is 0.108. The minimum absolute atomic E-state index is 0.00116. The van der Waals surface area contributed by atoms with Crippen LogP contribution in [-0.4, -0.2) is 67.7 Å². The zero-order valence-corrected chi connectivity index (χ0v) is 32.7. The molecule has 3 aromatic carbocycles. The number of halogens is 1. The third kappa shape index (κ3) is 8.15. The van der Waals surface area contributed by atoms with Crippen molar-refractivity contribution in [3.63, 3.8) is 0 Å². The highest BCUT2D eigenvalue weighted by atomic mass is 79.9. The van der Waals surface area contributed by atoms with Crippen molar-refractivity contribution in [2.24, 2.45) is 0 Å². The molecule has 0 saturated heterocycles. The molecule has 0 amide bonds. The Bertz CT molecular complexity index is 2320. The van der Waals surface area contributed by atoms with E-state index in [1.165, 1.54) is 0 Å². The summed E-state index contributed by atoms with van der Waals surface area (Å²) in [4.78, 5) is 18.0. The Balaban J connectivity index is 0.000000188. The van der Waals surface area contributed by atoms with Crippen LogP contribution in [0.5, 0.6) is 34.5 Å². The summed E-state index contributed by atoms with van der Waals surface area (Å²) < 4.78 is 35.1. The maximum atomic E-state index is 9.44. The maximum absolute atomic E-state index is 9.44. The molecular formula is C37H35BrN6O7S2. The summed E-state index contributed by atoms with van der Waals surface area (Å²) >= 11 is 6.66. The van der Waals surface area contributed by atoms with Crippen molar-refractivity contribution in [3.05, 3.63) is 81.7 Å². The molecule has 3 N–H and O–H groups in total. The number of aliphatic hydroxyl groups is 1. The number of ether oxygens (including phenoxy) is 6. The van der Waals surface area contributed by atoms with E-state index in [4.69, 9.17) is 33.4 Å². The monoisotopic (exact) mass is 818 g/mol. The van der Waals surface area contributed by atoms with Crippen LogP contribution in [0.3, 0.4) is 0 Å². The van der Waals surface area contributed by atoms with Crippen molar-refractivity contribution in [3.8, 4) is 45.6 Å². The first-order chi connectivity index (χ1) is 25.8. The van der Waals surface area contributed by atoms with Gasteiger partial charge in [-0.2, -0.15) is 0 Å². The van der Waals surface area contributed by atoms with Gasteiger partial charge in [0.1, 0.15) is 5.52 Å². The van der Waals surface area contributed by atoms with Gasteiger partial charge >= 0.3 is 0 Å². The summed E-state index contributed by atoms with van der Waals surface area (Å²) in [6.07, 6.45) is 3.59. The average molecular weight is 820 g/mol. The molecule has 53 heavy (non-hydrogen) atoms. The molecule has 7 aromatic rings. The highest BCUT2D eigenvalue weighted by molar-refractivity contribution is 9.10. The summed E-state index contributed by atoms with van der Waals surface area (Å²) in [7, 11) is 9.43. The summed E-state index contributed by atoms with van der Waals surface area (Å²) in [5.41, 5.74) is 6.04. The van der Waals surface area contributed by atoms with Crippen molar-refractivity contribution in [2.45, 2.75) is 6.61 Å². The molecule has 0 aliphatic rings. The van der Waals surface area contributed by atoms with Crippen molar-refractivity contribution < 1.29 is 33.5 Å². The number of fused-ring (bicyclic) bond motifs is 2. The lowest BCUT2D eigenvalue weighted by molar-refractivity contribution is 0.282. The Morgan fingerprint density at radius 3 is 1.62 bits per heavy atom. The van der Waals surface area contributed by atoms with Gasteiger partial charge in [0.15, 0.2) is 23.0 Å². The Morgan fingerprint density at radius 1 is 0.642 bits per heavy atom. The number of thiophene rings is 2. The van der Waals surface area contributed by atoms with Gasteiger partial charge in [0, 0.05) is 52.0 Å². The molecule has 0 bridgehead atoms. The van der Waals surface area contributed by atoms with Crippen LogP contribution in [0.15, 0.2) is 76.2 Å². The maximum Gasteiger partial charge on any atom is 0.227 e. The van der Waals surface area contributed by atoms with Gasteiger partial charge in [-0.1, -0.05) is 18.2 Å². The van der Waals surface area contributed by atoms with Gasteiger partial charge in [0.2, 0.25) is 23.4 Å². The normalized spacial score (nSPS) is 10.7. The number of hydrogen-bond donors (Lipinski definition) is 3. The molecule has 7 rings (SSSR count). The molecule has 0 unspecified atom stereocenters. The van der Waals surface area contributed by atoms with Gasteiger partial charge in [-0.05, 0) is 33.1 Å². The first-order valence-corrected chi connectivity index (χ1v) is 18.4. The van der Waals surface area contributed by atoms with Crippen LogP contribution in [-0.2, 0) is 6.61 Å². The Kier molecular flexibility index (Phi) is 11.9. The van der Waals surface area contributed by atoms with Gasteiger partial charge in [0.05, 0.1) is 81.0 Å². The van der Waals surface area contributed by atoms with Crippen LogP contribution in [0.25, 0.3) is 31.6 Å². The second-order valence-electron chi connectivity index (χ2n) is 11.0. The second kappa shape index (κ2) is 16.9. The highest BCUT2D eigenvalue weighted by Crippen LogP contribution is 2.42. The first-order valence-electron chi connectivity index (χ1n) is 15.8. The molecule has 0 spiro atoms. The summed E-state index contributed by atoms with van der Waals surface area (Å²) in [5.74, 6) is 4.21. The summed E-state index contributed by atoms with van der Waals surface area (Å²) in [6.45, 7) is -0.00116. The van der Waals surface area contributed by atoms with Crippen LogP contribution >= 0.6 is 38.6 Å². The van der Waals surface area contributed by atoms with Gasteiger partial charge in [-0.25, -0.2) is 19.9 Å². The molecule has 0 aliphatic carbocycles. The smallest absolute Gasteiger partial charge is 0.227 e. The molecule has 4 heterocycles. The molecule has 13 nitrogen and oxygen atoms in total. The van der Waals surface area contributed by atoms with E-state index < -0.39 is 0 Å². The minimum Gasteiger partial charge on any atom is -0.493 e. The number of aromatic nitrogens is 4. The van der Waals surface area contributed by atoms with Crippen LogP contribution in [0.2, 0.25) is 0 Å². The van der Waals surface area contributed by atoms with Gasteiger partial charge in [0.25, 0.3) is 0 Å². The van der Waals surface area contributed by atoms with Crippen LogP contribution < -0.4 is 39.1 Å². The molecular weight excluding hydrogens is 784 g/mol. The molecule has 0 aliphatic heterocycles. The molecule has 16 heteroatoms. The van der Waals surface area contributed by atoms with E-state index in [1.807, 2.05) is 29.6 Å². The van der Waals surface area contributed by atoms with Gasteiger partial charge < -0.3 is 44.2 Å². The highest BCUT2D eigenvalue weighted by Gasteiger charge is 2.16. The molecule has 4 aromatic heterocycles. The lowest BCUT2D eigenvalue weighted by atomic mass is 10.1. The predicted molar refractivity (Wildman–Crippen MR) is 213 cm³/mol. The fraction of sp³-hybridized carbons (Fsp3) is 0.189. The van der Waals surface area contributed by atoms with E-state index in [9.17, 15) is 5.11 Å². The van der Waals surface area contributed by atoms with Crippen LogP contribution in [0.4, 0.5) is 23.3 Å². The van der Waals surface area contributed by atoms with E-state index in [0.29, 0.717) is 52.1 Å². The van der Waals surface area contributed by atoms with E-state index >= 15 is 0 Å². The Morgan fingerprint density at radius 2 is 1.13 bits per heavy atom. The average Bonchev–Trinajstić information content (AvgIpc) is 3.79. The third-order valence-corrected chi connectivity index (χ3v) is 10.6. The zero-order valence-electron chi connectivity index (χ0n) is 29.5. The Hall–Kier alpha value is -5.42. The second-order valence-corrected chi connectivity index (χ2v) is 13.7. The largest absolute Gasteiger partial charge is 0.493 e. The lowest BCUT2D eigenvalue weighted by Gasteiger charge is -2.14. The van der Waals surface area contributed by atoms with Crippen LogP contribution in [0, 0.1) is 0 Å². The van der Waals surface area contributed by atoms with Crippen molar-refractivity contribution in [1.29, 1.82) is 0 Å². The first kappa shape index (κ1) is 37.3. The van der Waals surface area contributed by atoms with Crippen LogP contribution in [0.1, 0.15) is 5.56 Å². The lowest BCUT2D eigenvalue weighted by Crippen LogP contribution is -2.00.